The molecule has 2 aromatic heterocycles. The highest BCUT2D eigenvalue weighted by Crippen LogP contribution is 2.24. The van der Waals surface area contributed by atoms with Crippen LogP contribution in [0.5, 0.6) is 0 Å². The summed E-state index contributed by atoms with van der Waals surface area (Å²) in [4.78, 5) is 13.2. The summed E-state index contributed by atoms with van der Waals surface area (Å²) in [6.45, 7) is 4.14. The predicted molar refractivity (Wildman–Crippen MR) is 68.2 cm³/mol. The van der Waals surface area contributed by atoms with Crippen LogP contribution in [0.25, 0.3) is 11.0 Å². The molecule has 0 aliphatic heterocycles. The second kappa shape index (κ2) is 4.33. The monoisotopic (exact) mass is 280 g/mol. The number of aromatic nitrogens is 3. The fourth-order valence-electron chi connectivity index (χ4n) is 1.66. The highest BCUT2D eigenvalue weighted by atomic mass is 79.9. The highest BCUT2D eigenvalue weighted by molar-refractivity contribution is 9.10. The molecule has 0 radical (unpaired) electrons. The van der Waals surface area contributed by atoms with Crippen molar-refractivity contribution in [1.29, 1.82) is 0 Å². The van der Waals surface area contributed by atoms with Crippen LogP contribution in [0.1, 0.15) is 25.2 Å². The van der Waals surface area contributed by atoms with E-state index < -0.39 is 0 Å². The number of nitrogen functional groups attached to an aromatic ring is 1. The lowest BCUT2D eigenvalue weighted by Crippen LogP contribution is -2.03. The number of halogens is 1. The van der Waals surface area contributed by atoms with E-state index in [2.05, 4.69) is 44.7 Å². The minimum Gasteiger partial charge on any atom is -0.382 e. The van der Waals surface area contributed by atoms with Gasteiger partial charge in [-0.1, -0.05) is 13.8 Å². The van der Waals surface area contributed by atoms with Gasteiger partial charge in [0.2, 0.25) is 0 Å². The lowest BCUT2D eigenvalue weighted by molar-refractivity contribution is 0.928. The number of fused-ring (bicyclic) bond motifs is 1. The number of hydrogen-bond acceptors (Lipinski definition) is 4. The summed E-state index contributed by atoms with van der Waals surface area (Å²) in [6.07, 6.45) is 3.40. The number of pyridine rings is 1. The van der Waals surface area contributed by atoms with E-state index in [1.165, 1.54) is 0 Å². The highest BCUT2D eigenvalue weighted by Gasteiger charge is 2.11. The largest absolute Gasteiger partial charge is 0.382 e. The van der Waals surface area contributed by atoms with Crippen LogP contribution in [0, 0.1) is 0 Å². The Bertz CT molecular complexity index is 490. The Morgan fingerprint density at radius 2 is 1.69 bits per heavy atom. The number of anilines is 1. The molecule has 2 N–H and O–H groups in total. The molecule has 0 spiro atoms. The first-order valence-corrected chi connectivity index (χ1v) is 6.06. The molecule has 4 nitrogen and oxygen atoms in total. The average Bonchev–Trinajstić information content (AvgIpc) is 2.32. The molecule has 2 aromatic rings. The minimum atomic E-state index is 0.433. The number of rotatable bonds is 2. The van der Waals surface area contributed by atoms with Gasteiger partial charge in [-0.25, -0.2) is 15.0 Å². The standard InChI is InChI=1S/C11H13BrN4/c1-3-7-8(4-2)16-10-9(15-7)6(12)5-14-11(10)13/h5H,3-4H2,1-2H3,(H2,13,14). The van der Waals surface area contributed by atoms with Gasteiger partial charge >= 0.3 is 0 Å². The zero-order valence-electron chi connectivity index (χ0n) is 9.29. The second-order valence-corrected chi connectivity index (χ2v) is 4.37. The number of hydrogen-bond donors (Lipinski definition) is 1. The molecule has 0 atom stereocenters. The van der Waals surface area contributed by atoms with Crippen LogP contribution in [-0.4, -0.2) is 15.0 Å². The van der Waals surface area contributed by atoms with Gasteiger partial charge in [0.25, 0.3) is 0 Å². The molecular weight excluding hydrogens is 268 g/mol. The van der Waals surface area contributed by atoms with E-state index in [1.54, 1.807) is 6.20 Å². The maximum Gasteiger partial charge on any atom is 0.151 e. The molecule has 0 aliphatic rings. The molecule has 2 heterocycles. The Labute approximate surface area is 102 Å². The van der Waals surface area contributed by atoms with Crippen LogP contribution in [0.4, 0.5) is 5.82 Å². The molecule has 0 bridgehead atoms. The molecule has 0 aliphatic carbocycles. The summed E-state index contributed by atoms with van der Waals surface area (Å²) in [7, 11) is 0. The summed E-state index contributed by atoms with van der Waals surface area (Å²) in [6, 6.07) is 0. The van der Waals surface area contributed by atoms with Crippen molar-refractivity contribution in [2.45, 2.75) is 26.7 Å². The normalized spacial score (nSPS) is 10.9. The molecule has 0 saturated carbocycles. The van der Waals surface area contributed by atoms with Crippen LogP contribution >= 0.6 is 15.9 Å². The third kappa shape index (κ3) is 1.75. The fraction of sp³-hybridized carbons (Fsp3) is 0.364. The van der Waals surface area contributed by atoms with Gasteiger partial charge in [-0.15, -0.1) is 0 Å². The molecule has 0 amide bonds. The molecule has 84 valence electrons. The van der Waals surface area contributed by atoms with E-state index in [9.17, 15) is 0 Å². The summed E-state index contributed by atoms with van der Waals surface area (Å²) in [5, 5.41) is 0. The summed E-state index contributed by atoms with van der Waals surface area (Å²) >= 11 is 3.42. The zero-order valence-corrected chi connectivity index (χ0v) is 10.9. The van der Waals surface area contributed by atoms with Crippen LogP contribution in [-0.2, 0) is 12.8 Å². The molecular formula is C11H13BrN4. The summed E-state index contributed by atoms with van der Waals surface area (Å²) in [5.41, 5.74) is 9.31. The topological polar surface area (TPSA) is 64.7 Å². The number of aryl methyl sites for hydroxylation is 2. The van der Waals surface area contributed by atoms with Crippen molar-refractivity contribution < 1.29 is 0 Å². The van der Waals surface area contributed by atoms with Crippen molar-refractivity contribution in [3.8, 4) is 0 Å². The lowest BCUT2D eigenvalue weighted by Gasteiger charge is -2.08. The average molecular weight is 281 g/mol. The number of nitrogens with zero attached hydrogens (tertiary/aromatic N) is 3. The third-order valence-electron chi connectivity index (χ3n) is 2.51. The van der Waals surface area contributed by atoms with Gasteiger partial charge in [-0.2, -0.15) is 0 Å². The molecule has 0 fully saturated rings. The first-order chi connectivity index (χ1) is 7.67. The molecule has 0 saturated heterocycles. The van der Waals surface area contributed by atoms with Gasteiger partial charge < -0.3 is 5.73 Å². The first kappa shape index (κ1) is 11.3. The van der Waals surface area contributed by atoms with Crippen LogP contribution < -0.4 is 5.73 Å². The van der Waals surface area contributed by atoms with Gasteiger partial charge in [0.05, 0.1) is 15.9 Å². The van der Waals surface area contributed by atoms with E-state index in [4.69, 9.17) is 5.73 Å². The van der Waals surface area contributed by atoms with Gasteiger partial charge in [-0.3, -0.25) is 0 Å². The van der Waals surface area contributed by atoms with Crippen molar-refractivity contribution in [2.75, 3.05) is 5.73 Å². The Morgan fingerprint density at radius 3 is 2.25 bits per heavy atom. The molecule has 0 aromatic carbocycles. The minimum absolute atomic E-state index is 0.433. The number of nitrogens with two attached hydrogens (primary N) is 1. The van der Waals surface area contributed by atoms with Crippen molar-refractivity contribution in [1.82, 2.24) is 15.0 Å². The van der Waals surface area contributed by atoms with Gasteiger partial charge in [0.1, 0.15) is 11.0 Å². The quantitative estimate of drug-likeness (QED) is 0.918. The van der Waals surface area contributed by atoms with Gasteiger partial charge in [0, 0.05) is 6.20 Å². The molecule has 0 unspecified atom stereocenters. The van der Waals surface area contributed by atoms with E-state index in [0.717, 1.165) is 34.2 Å². The Hall–Kier alpha value is -1.23. The SMILES string of the molecule is CCc1nc2c(Br)cnc(N)c2nc1CC. The molecule has 16 heavy (non-hydrogen) atoms. The second-order valence-electron chi connectivity index (χ2n) is 3.51. The van der Waals surface area contributed by atoms with Crippen LogP contribution in [0.2, 0.25) is 0 Å². The Kier molecular flexibility index (Phi) is 3.05. The Morgan fingerprint density at radius 1 is 1.12 bits per heavy atom. The van der Waals surface area contributed by atoms with E-state index in [1.807, 2.05) is 0 Å². The third-order valence-corrected chi connectivity index (χ3v) is 3.09. The zero-order chi connectivity index (χ0) is 11.7. The van der Waals surface area contributed by atoms with E-state index in [-0.39, 0.29) is 0 Å². The molecule has 2 rings (SSSR count). The van der Waals surface area contributed by atoms with Crippen molar-refractivity contribution in [3.05, 3.63) is 22.1 Å². The maximum atomic E-state index is 5.81. The first-order valence-electron chi connectivity index (χ1n) is 5.26. The van der Waals surface area contributed by atoms with Crippen molar-refractivity contribution in [3.63, 3.8) is 0 Å². The van der Waals surface area contributed by atoms with Crippen LogP contribution in [0.15, 0.2) is 10.7 Å². The van der Waals surface area contributed by atoms with Crippen molar-refractivity contribution >= 4 is 32.8 Å². The smallest absolute Gasteiger partial charge is 0.151 e. The Balaban J connectivity index is 2.82. The predicted octanol–water partition coefficient (Wildman–Crippen LogP) is 2.49. The molecule has 5 heteroatoms. The van der Waals surface area contributed by atoms with E-state index >= 15 is 0 Å². The van der Waals surface area contributed by atoms with Crippen molar-refractivity contribution in [2.24, 2.45) is 0 Å². The summed E-state index contributed by atoms with van der Waals surface area (Å²) < 4.78 is 0.835. The van der Waals surface area contributed by atoms with Gasteiger partial charge in [-0.05, 0) is 28.8 Å². The van der Waals surface area contributed by atoms with E-state index in [0.29, 0.717) is 11.3 Å². The maximum absolute atomic E-state index is 5.81. The fourth-order valence-corrected chi connectivity index (χ4v) is 2.04. The summed E-state index contributed by atoms with van der Waals surface area (Å²) in [5.74, 6) is 0.433. The van der Waals surface area contributed by atoms with Gasteiger partial charge in [0.15, 0.2) is 5.82 Å². The lowest BCUT2D eigenvalue weighted by atomic mass is 10.2. The van der Waals surface area contributed by atoms with Crippen LogP contribution in [0.3, 0.4) is 0 Å².